The number of hydrogen-bond donors (Lipinski definition) is 1. The third-order valence-corrected chi connectivity index (χ3v) is 6.19. The molecule has 2 aromatic rings. The summed E-state index contributed by atoms with van der Waals surface area (Å²) in [5, 5.41) is 8.06. The van der Waals surface area contributed by atoms with Gasteiger partial charge in [0.2, 0.25) is 5.16 Å². The topological polar surface area (TPSA) is 98.5 Å². The maximum atomic E-state index is 12.5. The van der Waals surface area contributed by atoms with Gasteiger partial charge in [-0.25, -0.2) is 9.50 Å². The summed E-state index contributed by atoms with van der Waals surface area (Å²) in [7, 11) is 0. The number of rotatable bonds is 6. The van der Waals surface area contributed by atoms with Crippen LogP contribution < -0.4 is 5.32 Å². The summed E-state index contributed by atoms with van der Waals surface area (Å²) < 4.78 is 7.05. The molecule has 0 aliphatic heterocycles. The van der Waals surface area contributed by atoms with Crippen molar-refractivity contribution in [3.05, 3.63) is 17.0 Å². The summed E-state index contributed by atoms with van der Waals surface area (Å²) in [4.78, 5) is 33.8. The highest BCUT2D eigenvalue weighted by Gasteiger charge is 2.27. The van der Waals surface area contributed by atoms with Crippen molar-refractivity contribution < 1.29 is 14.3 Å². The van der Waals surface area contributed by atoms with E-state index in [0.717, 1.165) is 30.5 Å². The molecule has 29 heavy (non-hydrogen) atoms. The minimum absolute atomic E-state index is 0.0342. The van der Waals surface area contributed by atoms with Gasteiger partial charge < -0.3 is 10.1 Å². The number of fused-ring (bicyclic) bond motifs is 1. The lowest BCUT2D eigenvalue weighted by molar-refractivity contribution is -0.154. The quantitative estimate of drug-likeness (QED) is 0.568. The number of thioether (sulfide) groups is 1. The van der Waals surface area contributed by atoms with Crippen molar-refractivity contribution in [2.45, 2.75) is 77.1 Å². The summed E-state index contributed by atoms with van der Waals surface area (Å²) >= 11 is 1.44. The fourth-order valence-electron chi connectivity index (χ4n) is 3.80. The molecule has 1 N–H and O–H groups in total. The Kier molecular flexibility index (Phi) is 6.77. The molecule has 1 saturated carbocycles. The van der Waals surface area contributed by atoms with Gasteiger partial charge in [-0.05, 0) is 45.8 Å². The fraction of sp³-hybridized carbons (Fsp3) is 0.650. The second kappa shape index (κ2) is 9.11. The monoisotopic (exact) mass is 419 g/mol. The zero-order valence-corrected chi connectivity index (χ0v) is 18.5. The van der Waals surface area contributed by atoms with Crippen LogP contribution in [0.1, 0.15) is 56.5 Å². The highest BCUT2D eigenvalue weighted by molar-refractivity contribution is 7.98. The van der Waals surface area contributed by atoms with Gasteiger partial charge in [0.15, 0.2) is 6.10 Å². The Bertz CT molecular complexity index is 913. The fourth-order valence-corrected chi connectivity index (χ4v) is 4.14. The number of nitrogens with one attached hydrogen (secondary N) is 1. The van der Waals surface area contributed by atoms with E-state index in [1.807, 2.05) is 20.1 Å². The number of esters is 1. The molecule has 8 nitrogen and oxygen atoms in total. The summed E-state index contributed by atoms with van der Waals surface area (Å²) in [6.07, 6.45) is 5.53. The van der Waals surface area contributed by atoms with Crippen LogP contribution in [0.3, 0.4) is 0 Å². The second-order valence-electron chi connectivity index (χ2n) is 7.76. The Labute approximate surface area is 175 Å². The summed E-state index contributed by atoms with van der Waals surface area (Å²) in [6.45, 7) is 7.49. The average molecular weight is 420 g/mol. The molecule has 2 aromatic heterocycles. The SMILES string of the molecule is CSc1nc2nc(C)c(CC(=O)O[C@@H](C)C(=O)N[C@@H]3CCCC[C@@H]3C)c(C)n2n1. The first kappa shape index (κ1) is 21.5. The van der Waals surface area contributed by atoms with E-state index in [9.17, 15) is 9.59 Å². The minimum atomic E-state index is -0.830. The van der Waals surface area contributed by atoms with Crippen molar-refractivity contribution in [3.8, 4) is 0 Å². The van der Waals surface area contributed by atoms with Crippen LogP contribution in [0.4, 0.5) is 0 Å². The number of amides is 1. The van der Waals surface area contributed by atoms with E-state index in [1.54, 1.807) is 11.4 Å². The Morgan fingerprint density at radius 2 is 2.00 bits per heavy atom. The van der Waals surface area contributed by atoms with E-state index in [4.69, 9.17) is 4.74 Å². The predicted octanol–water partition coefficient (Wildman–Crippen LogP) is 2.63. The van der Waals surface area contributed by atoms with Crippen molar-refractivity contribution in [1.82, 2.24) is 24.9 Å². The van der Waals surface area contributed by atoms with Crippen LogP contribution in [0.5, 0.6) is 0 Å². The summed E-state index contributed by atoms with van der Waals surface area (Å²) in [6, 6.07) is 0.159. The van der Waals surface area contributed by atoms with E-state index in [0.29, 0.717) is 22.5 Å². The number of carbonyl (C=O) groups excluding carboxylic acids is 2. The Morgan fingerprint density at radius 3 is 2.69 bits per heavy atom. The van der Waals surface area contributed by atoms with Crippen molar-refractivity contribution in [2.24, 2.45) is 5.92 Å². The largest absolute Gasteiger partial charge is 0.452 e. The Morgan fingerprint density at radius 1 is 1.28 bits per heavy atom. The molecule has 0 spiro atoms. The normalized spacial score (nSPS) is 20.4. The van der Waals surface area contributed by atoms with Gasteiger partial charge in [-0.3, -0.25) is 9.59 Å². The lowest BCUT2D eigenvalue weighted by Gasteiger charge is -2.30. The first-order chi connectivity index (χ1) is 13.8. The standard InChI is InChI=1S/C20H29N5O3S/c1-11-8-6-7-9-16(11)22-18(27)14(4)28-17(26)10-15-12(2)21-19-23-20(29-5)24-25(19)13(15)3/h11,14,16H,6-10H2,1-5H3,(H,22,27)/t11-,14-,16+/m0/s1. The van der Waals surface area contributed by atoms with E-state index in [-0.39, 0.29) is 18.4 Å². The number of aryl methyl sites for hydroxylation is 2. The molecule has 0 saturated heterocycles. The van der Waals surface area contributed by atoms with Gasteiger partial charge in [-0.15, -0.1) is 5.10 Å². The lowest BCUT2D eigenvalue weighted by atomic mass is 9.86. The smallest absolute Gasteiger partial charge is 0.311 e. The second-order valence-corrected chi connectivity index (χ2v) is 8.53. The zero-order chi connectivity index (χ0) is 21.1. The average Bonchev–Trinajstić information content (AvgIpc) is 3.10. The van der Waals surface area contributed by atoms with Gasteiger partial charge in [0, 0.05) is 23.0 Å². The molecule has 9 heteroatoms. The maximum Gasteiger partial charge on any atom is 0.311 e. The van der Waals surface area contributed by atoms with Crippen LogP contribution >= 0.6 is 11.8 Å². The highest BCUT2D eigenvalue weighted by atomic mass is 32.2. The number of ether oxygens (including phenoxy) is 1. The number of hydrogen-bond acceptors (Lipinski definition) is 7. The molecule has 3 atom stereocenters. The summed E-state index contributed by atoms with van der Waals surface area (Å²) in [5.41, 5.74) is 2.25. The highest BCUT2D eigenvalue weighted by Crippen LogP contribution is 2.24. The number of nitrogens with zero attached hydrogens (tertiary/aromatic N) is 4. The molecular formula is C20H29N5O3S. The molecule has 0 radical (unpaired) electrons. The van der Waals surface area contributed by atoms with Crippen LogP contribution in [-0.2, 0) is 20.7 Å². The molecule has 1 amide bonds. The minimum Gasteiger partial charge on any atom is -0.452 e. The number of carbonyl (C=O) groups is 2. The third-order valence-electron chi connectivity index (χ3n) is 5.65. The molecule has 3 rings (SSSR count). The van der Waals surface area contributed by atoms with Crippen LogP contribution in [0.2, 0.25) is 0 Å². The molecule has 1 aliphatic carbocycles. The molecule has 0 aromatic carbocycles. The van der Waals surface area contributed by atoms with Crippen molar-refractivity contribution in [3.63, 3.8) is 0 Å². The van der Waals surface area contributed by atoms with Gasteiger partial charge in [0.05, 0.1) is 6.42 Å². The number of aromatic nitrogens is 4. The Hall–Kier alpha value is -2.16. The van der Waals surface area contributed by atoms with Gasteiger partial charge >= 0.3 is 5.97 Å². The molecular weight excluding hydrogens is 390 g/mol. The molecule has 158 valence electrons. The van der Waals surface area contributed by atoms with Crippen LogP contribution in [0.25, 0.3) is 5.78 Å². The van der Waals surface area contributed by atoms with Gasteiger partial charge in [-0.1, -0.05) is 31.5 Å². The molecule has 0 bridgehead atoms. The molecule has 2 heterocycles. The van der Waals surface area contributed by atoms with Crippen LogP contribution in [0, 0.1) is 19.8 Å². The van der Waals surface area contributed by atoms with Gasteiger partial charge in [0.25, 0.3) is 11.7 Å². The van der Waals surface area contributed by atoms with E-state index in [1.165, 1.54) is 18.2 Å². The predicted molar refractivity (Wildman–Crippen MR) is 111 cm³/mol. The van der Waals surface area contributed by atoms with Crippen molar-refractivity contribution in [2.75, 3.05) is 6.26 Å². The molecule has 1 aliphatic rings. The van der Waals surface area contributed by atoms with Crippen molar-refractivity contribution in [1.29, 1.82) is 0 Å². The zero-order valence-electron chi connectivity index (χ0n) is 17.7. The van der Waals surface area contributed by atoms with Crippen molar-refractivity contribution >= 4 is 29.4 Å². The first-order valence-electron chi connectivity index (χ1n) is 10.1. The Balaban J connectivity index is 1.64. The lowest BCUT2D eigenvalue weighted by Crippen LogP contribution is -2.46. The first-order valence-corrected chi connectivity index (χ1v) is 11.3. The molecule has 0 unspecified atom stereocenters. The van der Waals surface area contributed by atoms with Gasteiger partial charge in [0.1, 0.15) is 0 Å². The maximum absolute atomic E-state index is 12.5. The third kappa shape index (κ3) is 4.88. The van der Waals surface area contributed by atoms with E-state index >= 15 is 0 Å². The van der Waals surface area contributed by atoms with E-state index in [2.05, 4.69) is 27.3 Å². The van der Waals surface area contributed by atoms with Crippen LogP contribution in [0.15, 0.2) is 5.16 Å². The van der Waals surface area contributed by atoms with E-state index < -0.39 is 12.1 Å². The molecule has 1 fully saturated rings. The summed E-state index contributed by atoms with van der Waals surface area (Å²) in [5.74, 6) is 0.269. The van der Waals surface area contributed by atoms with Crippen LogP contribution in [-0.4, -0.2) is 49.9 Å². The van der Waals surface area contributed by atoms with Gasteiger partial charge in [-0.2, -0.15) is 4.98 Å².